The van der Waals surface area contributed by atoms with Gasteiger partial charge in [0.25, 0.3) is 5.89 Å². The van der Waals surface area contributed by atoms with Gasteiger partial charge in [0.15, 0.2) is 5.82 Å². The topological polar surface area (TPSA) is 73.1 Å². The van der Waals surface area contributed by atoms with Crippen molar-refractivity contribution in [1.29, 1.82) is 0 Å². The van der Waals surface area contributed by atoms with Crippen molar-refractivity contribution in [3.63, 3.8) is 0 Å². The van der Waals surface area contributed by atoms with E-state index < -0.39 is 0 Å². The van der Waals surface area contributed by atoms with Crippen LogP contribution in [0.4, 0.5) is 0 Å². The first-order valence-electron chi connectivity index (χ1n) is 5.91. The van der Waals surface area contributed by atoms with Gasteiger partial charge < -0.3 is 14.6 Å². The molecule has 6 heteroatoms. The summed E-state index contributed by atoms with van der Waals surface area (Å²) < 4.78 is 10.7. The van der Waals surface area contributed by atoms with E-state index in [1.165, 1.54) is 0 Å². The van der Waals surface area contributed by atoms with Crippen LogP contribution in [0.25, 0.3) is 11.5 Å². The maximum absolute atomic E-state index is 5.38. The Morgan fingerprint density at radius 3 is 3.17 bits per heavy atom. The van der Waals surface area contributed by atoms with Gasteiger partial charge in [0.05, 0.1) is 19.3 Å². The Balaban J connectivity index is 1.84. The lowest BCUT2D eigenvalue weighted by molar-refractivity contribution is 0.0734. The summed E-state index contributed by atoms with van der Waals surface area (Å²) in [7, 11) is 0. The number of morpholine rings is 1. The zero-order valence-electron chi connectivity index (χ0n) is 10.1. The molecule has 1 N–H and O–H groups in total. The van der Waals surface area contributed by atoms with Crippen LogP contribution in [-0.4, -0.2) is 34.9 Å². The largest absolute Gasteiger partial charge is 0.378 e. The smallest absolute Gasteiger partial charge is 0.258 e. The van der Waals surface area contributed by atoms with Crippen molar-refractivity contribution >= 4 is 0 Å². The zero-order chi connectivity index (χ0) is 12.4. The summed E-state index contributed by atoms with van der Waals surface area (Å²) >= 11 is 0. The third kappa shape index (κ3) is 2.25. The molecule has 18 heavy (non-hydrogen) atoms. The third-order valence-corrected chi connectivity index (χ3v) is 2.82. The Morgan fingerprint density at radius 1 is 1.44 bits per heavy atom. The Morgan fingerprint density at radius 2 is 2.39 bits per heavy atom. The average molecular weight is 246 g/mol. The first kappa shape index (κ1) is 11.3. The first-order chi connectivity index (χ1) is 8.83. The van der Waals surface area contributed by atoms with E-state index in [1.54, 1.807) is 6.20 Å². The second kappa shape index (κ2) is 4.83. The number of nitrogens with one attached hydrogen (secondary N) is 1. The number of hydrogen-bond acceptors (Lipinski definition) is 6. The van der Waals surface area contributed by atoms with E-state index in [2.05, 4.69) is 20.4 Å². The quantitative estimate of drug-likeness (QED) is 0.855. The molecule has 0 bridgehead atoms. The van der Waals surface area contributed by atoms with Crippen LogP contribution in [-0.2, 0) is 4.74 Å². The number of ether oxygens (including phenoxy) is 1. The molecule has 1 unspecified atom stereocenters. The SMILES string of the molecule is Cc1cc(-c2nc(C3COCCN3)no2)ccn1. The second-order valence-corrected chi connectivity index (χ2v) is 4.23. The molecule has 1 saturated heterocycles. The van der Waals surface area contributed by atoms with Crippen molar-refractivity contribution in [3.05, 3.63) is 29.8 Å². The summed E-state index contributed by atoms with van der Waals surface area (Å²) in [5, 5.41) is 7.29. The second-order valence-electron chi connectivity index (χ2n) is 4.23. The Labute approximate surface area is 104 Å². The molecular weight excluding hydrogens is 232 g/mol. The number of aryl methyl sites for hydroxylation is 1. The maximum atomic E-state index is 5.38. The van der Waals surface area contributed by atoms with Gasteiger partial charge in [0.2, 0.25) is 0 Å². The fourth-order valence-electron chi connectivity index (χ4n) is 1.90. The van der Waals surface area contributed by atoms with Gasteiger partial charge in [-0.1, -0.05) is 5.16 Å². The average Bonchev–Trinajstić information content (AvgIpc) is 2.89. The predicted octanol–water partition coefficient (Wildman–Crippen LogP) is 1.10. The number of aromatic nitrogens is 3. The minimum Gasteiger partial charge on any atom is -0.378 e. The van der Waals surface area contributed by atoms with E-state index in [1.807, 2.05) is 19.1 Å². The lowest BCUT2D eigenvalue weighted by Gasteiger charge is -2.20. The van der Waals surface area contributed by atoms with Crippen molar-refractivity contribution in [3.8, 4) is 11.5 Å². The fraction of sp³-hybridized carbons (Fsp3) is 0.417. The third-order valence-electron chi connectivity index (χ3n) is 2.82. The van der Waals surface area contributed by atoms with Crippen LogP contribution in [0.5, 0.6) is 0 Å². The van der Waals surface area contributed by atoms with Crippen molar-refractivity contribution in [2.24, 2.45) is 0 Å². The molecule has 0 radical (unpaired) electrons. The van der Waals surface area contributed by atoms with Gasteiger partial charge >= 0.3 is 0 Å². The summed E-state index contributed by atoms with van der Waals surface area (Å²) in [4.78, 5) is 8.54. The molecule has 1 fully saturated rings. The van der Waals surface area contributed by atoms with Crippen LogP contribution < -0.4 is 5.32 Å². The Hall–Kier alpha value is -1.79. The molecule has 0 amide bonds. The molecule has 6 nitrogen and oxygen atoms in total. The van der Waals surface area contributed by atoms with E-state index >= 15 is 0 Å². The molecule has 94 valence electrons. The van der Waals surface area contributed by atoms with Crippen LogP contribution in [0.3, 0.4) is 0 Å². The van der Waals surface area contributed by atoms with E-state index in [-0.39, 0.29) is 6.04 Å². The van der Waals surface area contributed by atoms with Crippen molar-refractivity contribution in [2.45, 2.75) is 13.0 Å². The first-order valence-corrected chi connectivity index (χ1v) is 5.91. The van der Waals surface area contributed by atoms with Gasteiger partial charge in [-0.25, -0.2) is 0 Å². The van der Waals surface area contributed by atoms with Crippen molar-refractivity contribution < 1.29 is 9.26 Å². The number of hydrogen-bond donors (Lipinski definition) is 1. The normalized spacial score (nSPS) is 19.9. The standard InChI is InChI=1S/C12H14N4O2/c1-8-6-9(2-3-13-8)12-15-11(16-18-12)10-7-17-5-4-14-10/h2-3,6,10,14H,4-5,7H2,1H3. The van der Waals surface area contributed by atoms with E-state index in [9.17, 15) is 0 Å². The van der Waals surface area contributed by atoms with E-state index in [4.69, 9.17) is 9.26 Å². The summed E-state index contributed by atoms with van der Waals surface area (Å²) in [6.07, 6.45) is 1.73. The molecule has 2 aromatic rings. The molecule has 0 saturated carbocycles. The molecule has 1 aliphatic rings. The molecule has 0 aromatic carbocycles. The van der Waals surface area contributed by atoms with Gasteiger partial charge in [0, 0.05) is 24.0 Å². The Bertz CT molecular complexity index is 534. The van der Waals surface area contributed by atoms with Crippen LogP contribution in [0.1, 0.15) is 17.6 Å². The van der Waals surface area contributed by atoms with Crippen molar-refractivity contribution in [2.75, 3.05) is 19.8 Å². The van der Waals surface area contributed by atoms with E-state index in [0.717, 1.165) is 24.4 Å². The number of rotatable bonds is 2. The molecule has 3 rings (SSSR count). The van der Waals surface area contributed by atoms with Crippen LogP contribution >= 0.6 is 0 Å². The van der Waals surface area contributed by atoms with Crippen LogP contribution in [0.2, 0.25) is 0 Å². The van der Waals surface area contributed by atoms with Gasteiger partial charge in [-0.05, 0) is 19.1 Å². The fourth-order valence-corrected chi connectivity index (χ4v) is 1.90. The van der Waals surface area contributed by atoms with Gasteiger partial charge in [-0.3, -0.25) is 4.98 Å². The van der Waals surface area contributed by atoms with E-state index in [0.29, 0.717) is 18.3 Å². The predicted molar refractivity (Wildman–Crippen MR) is 63.8 cm³/mol. The molecule has 3 heterocycles. The van der Waals surface area contributed by atoms with Gasteiger partial charge in [-0.15, -0.1) is 0 Å². The highest BCUT2D eigenvalue weighted by Crippen LogP contribution is 2.20. The van der Waals surface area contributed by atoms with Crippen LogP contribution in [0.15, 0.2) is 22.9 Å². The highest BCUT2D eigenvalue weighted by molar-refractivity contribution is 5.52. The molecule has 1 aliphatic heterocycles. The minimum atomic E-state index is 0.0131. The lowest BCUT2D eigenvalue weighted by Crippen LogP contribution is -2.35. The number of pyridine rings is 1. The molecule has 1 atom stereocenters. The van der Waals surface area contributed by atoms with Gasteiger partial charge in [0.1, 0.15) is 0 Å². The summed E-state index contributed by atoms with van der Waals surface area (Å²) in [6.45, 7) is 4.04. The lowest BCUT2D eigenvalue weighted by atomic mass is 10.2. The summed E-state index contributed by atoms with van der Waals surface area (Å²) in [6, 6.07) is 3.79. The van der Waals surface area contributed by atoms with Crippen LogP contribution in [0, 0.1) is 6.92 Å². The summed E-state index contributed by atoms with van der Waals surface area (Å²) in [5.74, 6) is 1.15. The summed E-state index contributed by atoms with van der Waals surface area (Å²) in [5.41, 5.74) is 1.81. The highest BCUT2D eigenvalue weighted by Gasteiger charge is 2.21. The monoisotopic (exact) mass is 246 g/mol. The molecular formula is C12H14N4O2. The van der Waals surface area contributed by atoms with Crippen molar-refractivity contribution in [1.82, 2.24) is 20.4 Å². The minimum absolute atomic E-state index is 0.0131. The molecule has 2 aromatic heterocycles. The maximum Gasteiger partial charge on any atom is 0.258 e. The molecule has 0 spiro atoms. The highest BCUT2D eigenvalue weighted by atomic mass is 16.5. The number of nitrogens with zero attached hydrogens (tertiary/aromatic N) is 3. The zero-order valence-corrected chi connectivity index (χ0v) is 10.1. The molecule has 0 aliphatic carbocycles. The van der Waals surface area contributed by atoms with Gasteiger partial charge in [-0.2, -0.15) is 4.98 Å². The Kier molecular flexibility index (Phi) is 3.04.